The molecule has 108 valence electrons. The lowest BCUT2D eigenvalue weighted by Gasteiger charge is -2.38. The van der Waals surface area contributed by atoms with Gasteiger partial charge in [-0.05, 0) is 31.7 Å². The van der Waals surface area contributed by atoms with Crippen LogP contribution in [0.25, 0.3) is 0 Å². The van der Waals surface area contributed by atoms with Gasteiger partial charge in [-0.1, -0.05) is 13.8 Å². The third-order valence-electron chi connectivity index (χ3n) is 4.02. The van der Waals surface area contributed by atoms with Gasteiger partial charge in [-0.2, -0.15) is 5.10 Å². The maximum absolute atomic E-state index is 10.7. The van der Waals surface area contributed by atoms with E-state index in [-0.39, 0.29) is 0 Å². The van der Waals surface area contributed by atoms with E-state index in [9.17, 15) is 5.11 Å². The molecular formula is C15H27N3O. The van der Waals surface area contributed by atoms with Crippen LogP contribution >= 0.6 is 0 Å². The Labute approximate surface area is 116 Å². The van der Waals surface area contributed by atoms with Gasteiger partial charge >= 0.3 is 0 Å². The Morgan fingerprint density at radius 2 is 2.00 bits per heavy atom. The number of hydrogen-bond donors (Lipinski definition) is 1. The van der Waals surface area contributed by atoms with Gasteiger partial charge in [-0.3, -0.25) is 4.68 Å². The van der Waals surface area contributed by atoms with Gasteiger partial charge in [-0.15, -0.1) is 0 Å². The predicted molar refractivity (Wildman–Crippen MR) is 77.1 cm³/mol. The Kier molecular flexibility index (Phi) is 4.31. The zero-order valence-corrected chi connectivity index (χ0v) is 12.7. The topological polar surface area (TPSA) is 41.3 Å². The van der Waals surface area contributed by atoms with Gasteiger partial charge in [0, 0.05) is 38.8 Å². The second-order valence-electron chi connectivity index (χ2n) is 6.50. The number of rotatable bonds is 4. The van der Waals surface area contributed by atoms with Crippen molar-refractivity contribution in [1.29, 1.82) is 0 Å². The van der Waals surface area contributed by atoms with Crippen LogP contribution in [0.1, 0.15) is 38.1 Å². The molecule has 1 saturated heterocycles. The SMILES string of the molecule is Cc1cc(CC2(O)CCN(CC(C)C)CC2)n(C)n1. The van der Waals surface area contributed by atoms with Gasteiger partial charge in [0.2, 0.25) is 0 Å². The van der Waals surface area contributed by atoms with Crippen LogP contribution in [0, 0.1) is 12.8 Å². The summed E-state index contributed by atoms with van der Waals surface area (Å²) in [6.45, 7) is 9.65. The van der Waals surface area contributed by atoms with Gasteiger partial charge in [-0.25, -0.2) is 0 Å². The van der Waals surface area contributed by atoms with E-state index in [0.29, 0.717) is 5.92 Å². The van der Waals surface area contributed by atoms with Crippen molar-refractivity contribution in [2.75, 3.05) is 19.6 Å². The van der Waals surface area contributed by atoms with Crippen molar-refractivity contribution in [2.45, 2.75) is 45.6 Å². The Bertz CT molecular complexity index is 417. The smallest absolute Gasteiger partial charge is 0.0727 e. The number of aryl methyl sites for hydroxylation is 2. The highest BCUT2D eigenvalue weighted by Crippen LogP contribution is 2.26. The molecule has 0 atom stereocenters. The molecule has 4 nitrogen and oxygen atoms in total. The number of piperidine rings is 1. The van der Waals surface area contributed by atoms with Crippen molar-refractivity contribution in [3.8, 4) is 0 Å². The Balaban J connectivity index is 1.93. The van der Waals surface area contributed by atoms with Crippen molar-refractivity contribution in [3.63, 3.8) is 0 Å². The third-order valence-corrected chi connectivity index (χ3v) is 4.02. The van der Waals surface area contributed by atoms with Crippen LogP contribution in [-0.2, 0) is 13.5 Å². The van der Waals surface area contributed by atoms with E-state index in [4.69, 9.17) is 0 Å². The molecule has 1 N–H and O–H groups in total. The van der Waals surface area contributed by atoms with Crippen LogP contribution < -0.4 is 0 Å². The molecule has 1 aliphatic rings. The average molecular weight is 265 g/mol. The van der Waals surface area contributed by atoms with Crippen LogP contribution in [0.3, 0.4) is 0 Å². The summed E-state index contributed by atoms with van der Waals surface area (Å²) in [6, 6.07) is 2.08. The van der Waals surface area contributed by atoms with E-state index in [1.54, 1.807) is 0 Å². The van der Waals surface area contributed by atoms with Crippen LogP contribution in [-0.4, -0.2) is 45.0 Å². The number of aliphatic hydroxyl groups is 1. The molecule has 0 amide bonds. The third kappa shape index (κ3) is 3.80. The summed E-state index contributed by atoms with van der Waals surface area (Å²) in [5, 5.41) is 15.1. The summed E-state index contributed by atoms with van der Waals surface area (Å²) in [7, 11) is 1.96. The van der Waals surface area contributed by atoms with E-state index < -0.39 is 5.60 Å². The first kappa shape index (κ1) is 14.5. The molecular weight excluding hydrogens is 238 g/mol. The van der Waals surface area contributed by atoms with E-state index >= 15 is 0 Å². The average Bonchev–Trinajstić information content (AvgIpc) is 2.60. The molecule has 1 aromatic rings. The number of hydrogen-bond acceptors (Lipinski definition) is 3. The summed E-state index contributed by atoms with van der Waals surface area (Å²) >= 11 is 0. The van der Waals surface area contributed by atoms with Crippen molar-refractivity contribution < 1.29 is 5.11 Å². The lowest BCUT2D eigenvalue weighted by molar-refractivity contribution is -0.0239. The largest absolute Gasteiger partial charge is 0.389 e. The normalized spacial score (nSPS) is 20.1. The fraction of sp³-hybridized carbons (Fsp3) is 0.800. The molecule has 0 aliphatic carbocycles. The number of likely N-dealkylation sites (tertiary alicyclic amines) is 1. The Morgan fingerprint density at radius 1 is 1.37 bits per heavy atom. The molecule has 0 saturated carbocycles. The Hall–Kier alpha value is -0.870. The zero-order valence-electron chi connectivity index (χ0n) is 12.7. The maximum Gasteiger partial charge on any atom is 0.0727 e. The molecule has 0 bridgehead atoms. The summed E-state index contributed by atoms with van der Waals surface area (Å²) in [5.74, 6) is 0.700. The highest BCUT2D eigenvalue weighted by atomic mass is 16.3. The quantitative estimate of drug-likeness (QED) is 0.902. The summed E-state index contributed by atoms with van der Waals surface area (Å²) in [6.07, 6.45) is 2.45. The molecule has 1 aromatic heterocycles. The molecule has 2 rings (SSSR count). The van der Waals surface area contributed by atoms with Crippen LogP contribution in [0.2, 0.25) is 0 Å². The molecule has 0 unspecified atom stereocenters. The van der Waals surface area contributed by atoms with E-state index in [1.807, 2.05) is 18.7 Å². The first-order valence-corrected chi connectivity index (χ1v) is 7.32. The standard InChI is InChI=1S/C15H27N3O/c1-12(2)11-18-7-5-15(19,6-8-18)10-14-9-13(3)16-17(14)4/h9,12,19H,5-8,10-11H2,1-4H3. The zero-order chi connectivity index (χ0) is 14.0. The lowest BCUT2D eigenvalue weighted by Crippen LogP contribution is -2.46. The Morgan fingerprint density at radius 3 is 2.47 bits per heavy atom. The van der Waals surface area contributed by atoms with E-state index in [1.165, 1.54) is 0 Å². The first-order valence-electron chi connectivity index (χ1n) is 7.32. The minimum absolute atomic E-state index is 0.548. The molecule has 1 fully saturated rings. The van der Waals surface area contributed by atoms with Crippen molar-refractivity contribution in [3.05, 3.63) is 17.5 Å². The van der Waals surface area contributed by atoms with Gasteiger partial charge in [0.1, 0.15) is 0 Å². The van der Waals surface area contributed by atoms with Crippen molar-refractivity contribution >= 4 is 0 Å². The van der Waals surface area contributed by atoms with Crippen LogP contribution in [0.4, 0.5) is 0 Å². The van der Waals surface area contributed by atoms with E-state index in [2.05, 4.69) is 29.9 Å². The number of nitrogens with zero attached hydrogens (tertiary/aromatic N) is 3. The lowest BCUT2D eigenvalue weighted by atomic mass is 9.86. The molecule has 2 heterocycles. The summed E-state index contributed by atoms with van der Waals surface area (Å²) < 4.78 is 1.90. The maximum atomic E-state index is 10.7. The van der Waals surface area contributed by atoms with Gasteiger partial charge in [0.25, 0.3) is 0 Å². The summed E-state index contributed by atoms with van der Waals surface area (Å²) in [5.41, 5.74) is 1.61. The molecule has 1 aliphatic heterocycles. The predicted octanol–water partition coefficient (Wildman–Crippen LogP) is 1.75. The van der Waals surface area contributed by atoms with Crippen LogP contribution in [0.15, 0.2) is 6.07 Å². The molecule has 19 heavy (non-hydrogen) atoms. The van der Waals surface area contributed by atoms with E-state index in [0.717, 1.165) is 50.3 Å². The van der Waals surface area contributed by atoms with Crippen molar-refractivity contribution in [2.24, 2.45) is 13.0 Å². The first-order chi connectivity index (χ1) is 8.88. The van der Waals surface area contributed by atoms with Gasteiger partial charge in [0.15, 0.2) is 0 Å². The van der Waals surface area contributed by atoms with Crippen molar-refractivity contribution in [1.82, 2.24) is 14.7 Å². The summed E-state index contributed by atoms with van der Waals surface area (Å²) in [4.78, 5) is 2.47. The second kappa shape index (κ2) is 5.63. The fourth-order valence-corrected chi connectivity index (χ4v) is 3.01. The number of aromatic nitrogens is 2. The van der Waals surface area contributed by atoms with Crippen LogP contribution in [0.5, 0.6) is 0 Å². The van der Waals surface area contributed by atoms with Gasteiger partial charge in [0.05, 0.1) is 11.3 Å². The molecule has 0 spiro atoms. The minimum atomic E-state index is -0.548. The fourth-order valence-electron chi connectivity index (χ4n) is 3.01. The minimum Gasteiger partial charge on any atom is -0.389 e. The highest BCUT2D eigenvalue weighted by molar-refractivity contribution is 5.12. The molecule has 4 heteroatoms. The molecule has 0 radical (unpaired) electrons. The highest BCUT2D eigenvalue weighted by Gasteiger charge is 2.33. The second-order valence-corrected chi connectivity index (χ2v) is 6.50. The monoisotopic (exact) mass is 265 g/mol. The van der Waals surface area contributed by atoms with Gasteiger partial charge < -0.3 is 10.0 Å². The molecule has 0 aromatic carbocycles.